The molecule has 2 heterocycles. The second-order valence-electron chi connectivity index (χ2n) is 8.53. The van der Waals surface area contributed by atoms with Crippen LogP contribution in [0, 0.1) is 5.92 Å². The van der Waals surface area contributed by atoms with E-state index in [-0.39, 0.29) is 24.0 Å². The lowest BCUT2D eigenvalue weighted by molar-refractivity contribution is -0.0704. The second kappa shape index (κ2) is 9.55. The smallest absolute Gasteiger partial charge is 0.253 e. The molecule has 1 amide bonds. The van der Waals surface area contributed by atoms with Crippen LogP contribution >= 0.6 is 0 Å². The molecule has 0 spiro atoms. The van der Waals surface area contributed by atoms with E-state index >= 15 is 0 Å². The number of nitrogens with one attached hydrogen (secondary N) is 1. The molecular weight excluding hydrogens is 390 g/mol. The zero-order valence-corrected chi connectivity index (χ0v) is 18.5. The van der Waals surface area contributed by atoms with E-state index in [2.05, 4.69) is 23.5 Å². The van der Waals surface area contributed by atoms with E-state index in [1.807, 2.05) is 29.2 Å². The van der Waals surface area contributed by atoms with Gasteiger partial charge in [0.15, 0.2) is 0 Å². The molecule has 2 fully saturated rings. The van der Waals surface area contributed by atoms with Crippen molar-refractivity contribution in [2.75, 3.05) is 39.0 Å². The third-order valence-electron chi connectivity index (χ3n) is 5.54. The van der Waals surface area contributed by atoms with Crippen LogP contribution in [-0.2, 0) is 21.3 Å². The van der Waals surface area contributed by atoms with Gasteiger partial charge in [0.05, 0.1) is 18.5 Å². The van der Waals surface area contributed by atoms with Crippen molar-refractivity contribution in [2.24, 2.45) is 5.92 Å². The average molecular weight is 424 g/mol. The number of hydrogen-bond acceptors (Lipinski definition) is 5. The average Bonchev–Trinajstić information content (AvgIpc) is 2.65. The van der Waals surface area contributed by atoms with Gasteiger partial charge in [0.2, 0.25) is 10.0 Å². The van der Waals surface area contributed by atoms with E-state index in [9.17, 15) is 13.2 Å². The molecule has 8 heteroatoms. The van der Waals surface area contributed by atoms with Crippen molar-refractivity contribution in [1.82, 2.24) is 14.5 Å². The molecule has 0 aliphatic carbocycles. The van der Waals surface area contributed by atoms with Crippen molar-refractivity contribution >= 4 is 15.9 Å². The number of hydrogen-bond donors (Lipinski definition) is 1. The van der Waals surface area contributed by atoms with Crippen molar-refractivity contribution in [3.63, 3.8) is 0 Å². The molecule has 0 radical (unpaired) electrons. The Morgan fingerprint density at radius 2 is 1.79 bits per heavy atom. The van der Waals surface area contributed by atoms with E-state index in [0.29, 0.717) is 18.7 Å². The van der Waals surface area contributed by atoms with Gasteiger partial charge < -0.3 is 9.64 Å². The summed E-state index contributed by atoms with van der Waals surface area (Å²) in [4.78, 5) is 17.1. The number of carbonyl (C=O) groups is 1. The SMILES string of the molecule is C[C@@H]1CN(Cc2ccc(C(=O)N3CCC[C@H](CNS(C)(=O)=O)C3)cc2)C[C@H](C)O1. The Morgan fingerprint density at radius 3 is 2.41 bits per heavy atom. The fraction of sp³-hybridized carbons (Fsp3) is 0.667. The van der Waals surface area contributed by atoms with Crippen LogP contribution in [0.2, 0.25) is 0 Å². The van der Waals surface area contributed by atoms with Gasteiger partial charge in [-0.3, -0.25) is 9.69 Å². The lowest BCUT2D eigenvalue weighted by Gasteiger charge is -2.35. The van der Waals surface area contributed by atoms with E-state index in [0.717, 1.165) is 39.0 Å². The summed E-state index contributed by atoms with van der Waals surface area (Å²) < 4.78 is 31.0. The molecule has 2 aliphatic rings. The van der Waals surface area contributed by atoms with Gasteiger partial charge in [-0.2, -0.15) is 0 Å². The number of piperidine rings is 1. The number of likely N-dealkylation sites (tertiary alicyclic amines) is 1. The van der Waals surface area contributed by atoms with Gasteiger partial charge in [-0.1, -0.05) is 12.1 Å². The summed E-state index contributed by atoms with van der Waals surface area (Å²) in [6.45, 7) is 8.59. The zero-order chi connectivity index (χ0) is 21.0. The molecule has 162 valence electrons. The van der Waals surface area contributed by atoms with E-state index in [4.69, 9.17) is 4.74 Å². The van der Waals surface area contributed by atoms with Gasteiger partial charge >= 0.3 is 0 Å². The third-order valence-corrected chi connectivity index (χ3v) is 6.23. The van der Waals surface area contributed by atoms with E-state index < -0.39 is 10.0 Å². The molecular formula is C21H33N3O4S. The summed E-state index contributed by atoms with van der Waals surface area (Å²) in [5.41, 5.74) is 1.88. The van der Waals surface area contributed by atoms with Gasteiger partial charge in [0.25, 0.3) is 5.91 Å². The third kappa shape index (κ3) is 6.77. The van der Waals surface area contributed by atoms with Gasteiger partial charge in [-0.05, 0) is 50.3 Å². The quantitative estimate of drug-likeness (QED) is 0.753. The molecule has 0 saturated carbocycles. The Morgan fingerprint density at radius 1 is 1.14 bits per heavy atom. The van der Waals surface area contributed by atoms with Crippen molar-refractivity contribution < 1.29 is 17.9 Å². The normalized spacial score (nSPS) is 26.4. The lowest BCUT2D eigenvalue weighted by Crippen LogP contribution is -2.44. The Hall–Kier alpha value is -1.48. The van der Waals surface area contributed by atoms with Crippen LogP contribution in [0.4, 0.5) is 0 Å². The highest BCUT2D eigenvalue weighted by Crippen LogP contribution is 2.19. The molecule has 1 aromatic rings. The van der Waals surface area contributed by atoms with Crippen LogP contribution in [0.1, 0.15) is 42.6 Å². The number of rotatable bonds is 6. The number of sulfonamides is 1. The number of nitrogens with zero attached hydrogens (tertiary/aromatic N) is 2. The second-order valence-corrected chi connectivity index (χ2v) is 10.4. The minimum absolute atomic E-state index is 0.0224. The molecule has 2 saturated heterocycles. The summed E-state index contributed by atoms with van der Waals surface area (Å²) in [5.74, 6) is 0.182. The molecule has 2 aliphatic heterocycles. The van der Waals surface area contributed by atoms with E-state index in [1.165, 1.54) is 11.8 Å². The maximum absolute atomic E-state index is 12.9. The highest BCUT2D eigenvalue weighted by molar-refractivity contribution is 7.88. The minimum Gasteiger partial charge on any atom is -0.373 e. The number of carbonyl (C=O) groups excluding carboxylic acids is 1. The molecule has 7 nitrogen and oxygen atoms in total. The van der Waals surface area contributed by atoms with Gasteiger partial charge in [0, 0.05) is 44.8 Å². The van der Waals surface area contributed by atoms with Gasteiger partial charge in [-0.25, -0.2) is 13.1 Å². The highest BCUT2D eigenvalue weighted by Gasteiger charge is 2.25. The van der Waals surface area contributed by atoms with Crippen LogP contribution in [0.5, 0.6) is 0 Å². The molecule has 1 N–H and O–H groups in total. The maximum Gasteiger partial charge on any atom is 0.253 e. The van der Waals surface area contributed by atoms with Crippen LogP contribution in [0.3, 0.4) is 0 Å². The molecule has 0 bridgehead atoms. The highest BCUT2D eigenvalue weighted by atomic mass is 32.2. The Balaban J connectivity index is 1.55. The number of morpholine rings is 1. The van der Waals surface area contributed by atoms with Crippen LogP contribution in [0.25, 0.3) is 0 Å². The summed E-state index contributed by atoms with van der Waals surface area (Å²) in [6.07, 6.45) is 3.47. The fourth-order valence-electron chi connectivity index (χ4n) is 4.29. The van der Waals surface area contributed by atoms with Crippen LogP contribution in [0.15, 0.2) is 24.3 Å². The van der Waals surface area contributed by atoms with Crippen molar-refractivity contribution in [1.29, 1.82) is 0 Å². The minimum atomic E-state index is -3.20. The monoisotopic (exact) mass is 423 g/mol. The van der Waals surface area contributed by atoms with Gasteiger partial charge in [0.1, 0.15) is 0 Å². The first-order valence-corrected chi connectivity index (χ1v) is 12.3. The van der Waals surface area contributed by atoms with Gasteiger partial charge in [-0.15, -0.1) is 0 Å². The Labute approximate surface area is 174 Å². The summed E-state index contributed by atoms with van der Waals surface area (Å²) >= 11 is 0. The largest absolute Gasteiger partial charge is 0.373 e. The lowest BCUT2D eigenvalue weighted by atomic mass is 9.97. The molecule has 0 aromatic heterocycles. The number of ether oxygens (including phenoxy) is 1. The first kappa shape index (κ1) is 22.2. The predicted molar refractivity (Wildman–Crippen MR) is 113 cm³/mol. The molecule has 1 aromatic carbocycles. The summed E-state index contributed by atoms with van der Waals surface area (Å²) in [6, 6.07) is 7.88. The summed E-state index contributed by atoms with van der Waals surface area (Å²) in [7, 11) is -3.20. The van der Waals surface area contributed by atoms with Crippen LogP contribution in [-0.4, -0.2) is 75.3 Å². The van der Waals surface area contributed by atoms with Crippen molar-refractivity contribution in [2.45, 2.75) is 45.4 Å². The zero-order valence-electron chi connectivity index (χ0n) is 17.6. The first-order chi connectivity index (χ1) is 13.7. The Kier molecular flexibility index (Phi) is 7.32. The first-order valence-electron chi connectivity index (χ1n) is 10.4. The maximum atomic E-state index is 12.9. The van der Waals surface area contributed by atoms with Crippen LogP contribution < -0.4 is 4.72 Å². The van der Waals surface area contributed by atoms with E-state index in [1.54, 1.807) is 0 Å². The molecule has 3 atom stereocenters. The van der Waals surface area contributed by atoms with Crippen molar-refractivity contribution in [3.8, 4) is 0 Å². The molecule has 29 heavy (non-hydrogen) atoms. The topological polar surface area (TPSA) is 79.0 Å². The predicted octanol–water partition coefficient (Wildman–Crippen LogP) is 1.70. The molecule has 3 rings (SSSR count). The van der Waals surface area contributed by atoms with Crippen molar-refractivity contribution in [3.05, 3.63) is 35.4 Å². The number of benzene rings is 1. The fourth-order valence-corrected chi connectivity index (χ4v) is 4.83. The number of amides is 1. The summed E-state index contributed by atoms with van der Waals surface area (Å²) in [5, 5.41) is 0. The standard InChI is InChI=1S/C21H33N3O4S/c1-16-12-23(13-17(2)28-16)14-18-6-8-20(9-7-18)21(25)24-10-4-5-19(15-24)11-22-29(3,26)27/h6-9,16-17,19,22H,4-5,10-15H2,1-3H3/t16-,17+,19-/m1/s1. The Bertz CT molecular complexity index is 787. The molecule has 0 unspecified atom stereocenters.